The smallest absolute Gasteiger partial charge is 0.356 e. The van der Waals surface area contributed by atoms with Crippen molar-refractivity contribution in [3.05, 3.63) is 29.1 Å². The van der Waals surface area contributed by atoms with Crippen molar-refractivity contribution in [3.63, 3.8) is 0 Å². The molecular weight excluding hydrogens is 308 g/mol. The van der Waals surface area contributed by atoms with Crippen LogP contribution in [0.4, 0.5) is 0 Å². The van der Waals surface area contributed by atoms with E-state index in [1.54, 1.807) is 6.33 Å². The molecule has 2 heterocycles. The van der Waals surface area contributed by atoms with Gasteiger partial charge in [0.15, 0.2) is 5.69 Å². The molecule has 2 N–H and O–H groups in total. The van der Waals surface area contributed by atoms with Crippen molar-refractivity contribution in [2.75, 3.05) is 0 Å². The summed E-state index contributed by atoms with van der Waals surface area (Å²) in [5.74, 6) is -0.0212. The predicted octanol–water partition coefficient (Wildman–Crippen LogP) is 1.25. The number of fused-ring (bicyclic) bond motifs is 1. The third-order valence-electron chi connectivity index (χ3n) is 4.56. The molecule has 0 aliphatic heterocycles. The van der Waals surface area contributed by atoms with E-state index in [4.69, 9.17) is 0 Å². The second-order valence-electron chi connectivity index (χ2n) is 6.16. The summed E-state index contributed by atoms with van der Waals surface area (Å²) in [5.41, 5.74) is 2.15. The number of carbonyl (C=O) groups is 1. The molecule has 2 aromatic rings. The topological polar surface area (TPSA) is 97.9 Å². The molecule has 2 aromatic heterocycles. The van der Waals surface area contributed by atoms with Crippen LogP contribution in [-0.2, 0) is 32.5 Å². The fourth-order valence-electron chi connectivity index (χ4n) is 3.37. The van der Waals surface area contributed by atoms with E-state index in [1.807, 2.05) is 11.6 Å². The van der Waals surface area contributed by atoms with Gasteiger partial charge in [0, 0.05) is 30.4 Å². The van der Waals surface area contributed by atoms with Gasteiger partial charge in [-0.2, -0.15) is 5.10 Å². The van der Waals surface area contributed by atoms with E-state index in [0.717, 1.165) is 42.9 Å². The second-order valence-corrected chi connectivity index (χ2v) is 6.16. The maximum Gasteiger partial charge on any atom is 0.356 e. The molecule has 0 saturated carbocycles. The number of aromatic carboxylic acids is 1. The number of nitrogens with one attached hydrogen (secondary N) is 1. The lowest BCUT2D eigenvalue weighted by molar-refractivity contribution is 0.0688. The number of nitrogens with zero attached hydrogens (tertiary/aromatic N) is 5. The number of aryl methyl sites for hydroxylation is 2. The minimum absolute atomic E-state index is 0.201. The van der Waals surface area contributed by atoms with Crippen LogP contribution in [0.25, 0.3) is 0 Å². The van der Waals surface area contributed by atoms with Crippen molar-refractivity contribution >= 4 is 5.97 Å². The van der Waals surface area contributed by atoms with E-state index in [0.29, 0.717) is 19.5 Å². The van der Waals surface area contributed by atoms with Gasteiger partial charge in [0.1, 0.15) is 12.2 Å². The average molecular weight is 332 g/mol. The SMILES string of the molecule is CCCn1cnnc1CN[C@H]1CCc2c(c(C(=O)O)nn2CC)C1. The molecule has 0 amide bonds. The zero-order valence-electron chi connectivity index (χ0n) is 14.2. The van der Waals surface area contributed by atoms with Gasteiger partial charge in [-0.15, -0.1) is 10.2 Å². The van der Waals surface area contributed by atoms with Crippen LogP contribution in [0.3, 0.4) is 0 Å². The first kappa shape index (κ1) is 16.6. The molecule has 0 unspecified atom stereocenters. The van der Waals surface area contributed by atoms with E-state index in [2.05, 4.69) is 32.1 Å². The molecule has 1 atom stereocenters. The first-order valence-corrected chi connectivity index (χ1v) is 8.55. The normalized spacial score (nSPS) is 17.0. The molecule has 0 fully saturated rings. The zero-order chi connectivity index (χ0) is 17.1. The van der Waals surface area contributed by atoms with Crippen molar-refractivity contribution in [3.8, 4) is 0 Å². The Morgan fingerprint density at radius 1 is 1.46 bits per heavy atom. The summed E-state index contributed by atoms with van der Waals surface area (Å²) < 4.78 is 3.88. The van der Waals surface area contributed by atoms with Crippen LogP contribution >= 0.6 is 0 Å². The van der Waals surface area contributed by atoms with Crippen molar-refractivity contribution in [2.24, 2.45) is 0 Å². The maximum absolute atomic E-state index is 11.5. The van der Waals surface area contributed by atoms with Crippen LogP contribution in [0.5, 0.6) is 0 Å². The van der Waals surface area contributed by atoms with Gasteiger partial charge in [-0.05, 0) is 32.6 Å². The Balaban J connectivity index is 1.70. The molecule has 0 aromatic carbocycles. The Morgan fingerprint density at radius 3 is 3.00 bits per heavy atom. The highest BCUT2D eigenvalue weighted by Crippen LogP contribution is 2.25. The molecule has 8 heteroatoms. The van der Waals surface area contributed by atoms with Crippen LogP contribution in [0.1, 0.15) is 54.3 Å². The Morgan fingerprint density at radius 2 is 2.29 bits per heavy atom. The fourth-order valence-corrected chi connectivity index (χ4v) is 3.37. The van der Waals surface area contributed by atoms with Crippen molar-refractivity contribution < 1.29 is 9.90 Å². The van der Waals surface area contributed by atoms with Gasteiger partial charge < -0.3 is 15.0 Å². The lowest BCUT2D eigenvalue weighted by Crippen LogP contribution is -2.35. The first-order chi connectivity index (χ1) is 11.6. The fraction of sp³-hybridized carbons (Fsp3) is 0.625. The van der Waals surface area contributed by atoms with Crippen molar-refractivity contribution in [1.29, 1.82) is 0 Å². The van der Waals surface area contributed by atoms with Crippen molar-refractivity contribution in [1.82, 2.24) is 29.9 Å². The summed E-state index contributed by atoms with van der Waals surface area (Å²) in [6.07, 6.45) is 5.31. The Kier molecular flexibility index (Phi) is 4.94. The predicted molar refractivity (Wildman–Crippen MR) is 87.8 cm³/mol. The standard InChI is InChI=1S/C16H24N6O2/c1-3-7-21-10-18-19-14(21)9-17-11-5-6-13-12(8-11)15(16(23)24)20-22(13)4-2/h10-11,17H,3-9H2,1-2H3,(H,23,24)/t11-/m0/s1. The van der Waals surface area contributed by atoms with E-state index in [9.17, 15) is 9.90 Å². The van der Waals surface area contributed by atoms with Gasteiger partial charge in [-0.25, -0.2) is 4.79 Å². The highest BCUT2D eigenvalue weighted by molar-refractivity contribution is 5.87. The zero-order valence-corrected chi connectivity index (χ0v) is 14.2. The van der Waals surface area contributed by atoms with Crippen LogP contribution < -0.4 is 5.32 Å². The summed E-state index contributed by atoms with van der Waals surface area (Å²) in [5, 5.41) is 25.3. The third-order valence-corrected chi connectivity index (χ3v) is 4.56. The molecule has 0 bridgehead atoms. The Labute approximate surface area is 140 Å². The minimum atomic E-state index is -0.943. The number of rotatable bonds is 7. The van der Waals surface area contributed by atoms with Gasteiger partial charge in [-0.3, -0.25) is 4.68 Å². The summed E-state index contributed by atoms with van der Waals surface area (Å²) in [4.78, 5) is 11.5. The largest absolute Gasteiger partial charge is 0.476 e. The number of hydrogen-bond donors (Lipinski definition) is 2. The number of hydrogen-bond acceptors (Lipinski definition) is 5. The van der Waals surface area contributed by atoms with Gasteiger partial charge in [-0.1, -0.05) is 6.92 Å². The molecule has 0 spiro atoms. The molecule has 130 valence electrons. The van der Waals surface area contributed by atoms with Crippen LogP contribution in [0, 0.1) is 0 Å². The number of carboxylic acid groups (broad SMARTS) is 1. The molecule has 3 rings (SSSR count). The molecule has 1 aliphatic carbocycles. The molecular formula is C16H24N6O2. The Hall–Kier alpha value is -2.22. The lowest BCUT2D eigenvalue weighted by atomic mass is 9.91. The molecule has 0 radical (unpaired) electrons. The van der Waals surface area contributed by atoms with E-state index >= 15 is 0 Å². The minimum Gasteiger partial charge on any atom is -0.476 e. The van der Waals surface area contributed by atoms with Gasteiger partial charge in [0.2, 0.25) is 0 Å². The van der Waals surface area contributed by atoms with Crippen LogP contribution in [-0.4, -0.2) is 41.7 Å². The van der Waals surface area contributed by atoms with Gasteiger partial charge in [0.25, 0.3) is 0 Å². The van der Waals surface area contributed by atoms with Gasteiger partial charge in [0.05, 0.1) is 6.54 Å². The summed E-state index contributed by atoms with van der Waals surface area (Å²) in [6.45, 7) is 6.37. The summed E-state index contributed by atoms with van der Waals surface area (Å²) in [7, 11) is 0. The third kappa shape index (κ3) is 3.19. The molecule has 24 heavy (non-hydrogen) atoms. The van der Waals surface area contributed by atoms with E-state index < -0.39 is 5.97 Å². The van der Waals surface area contributed by atoms with Crippen LogP contribution in [0.15, 0.2) is 6.33 Å². The molecule has 8 nitrogen and oxygen atoms in total. The highest BCUT2D eigenvalue weighted by atomic mass is 16.4. The lowest BCUT2D eigenvalue weighted by Gasteiger charge is -2.24. The number of aromatic nitrogens is 5. The van der Waals surface area contributed by atoms with Gasteiger partial charge >= 0.3 is 5.97 Å². The Bertz CT molecular complexity index is 720. The average Bonchev–Trinajstić information content (AvgIpc) is 3.17. The summed E-state index contributed by atoms with van der Waals surface area (Å²) in [6, 6.07) is 0.233. The monoisotopic (exact) mass is 332 g/mol. The van der Waals surface area contributed by atoms with E-state index in [1.165, 1.54) is 0 Å². The quantitative estimate of drug-likeness (QED) is 0.792. The molecule has 0 saturated heterocycles. The number of carboxylic acids is 1. The maximum atomic E-state index is 11.5. The van der Waals surface area contributed by atoms with E-state index in [-0.39, 0.29) is 11.7 Å². The van der Waals surface area contributed by atoms with Crippen molar-refractivity contribution in [2.45, 2.75) is 65.2 Å². The highest BCUT2D eigenvalue weighted by Gasteiger charge is 2.28. The van der Waals surface area contributed by atoms with Crippen LogP contribution in [0.2, 0.25) is 0 Å². The molecule has 1 aliphatic rings. The second kappa shape index (κ2) is 7.12. The summed E-state index contributed by atoms with van der Waals surface area (Å²) >= 11 is 0. The first-order valence-electron chi connectivity index (χ1n) is 8.55.